The average Bonchev–Trinajstić information content (AvgIpc) is 2.28. The number of carbonyl (C=O) groups excluding carboxylic acids is 1. The molecule has 0 bridgehead atoms. The van der Waals surface area contributed by atoms with Crippen LogP contribution in [0.1, 0.15) is 38.5 Å². The molecule has 1 aliphatic carbocycles. The van der Waals surface area contributed by atoms with E-state index in [-0.39, 0.29) is 5.91 Å². The molecule has 2 aliphatic rings. The zero-order valence-corrected chi connectivity index (χ0v) is 10.6. The zero-order chi connectivity index (χ0) is 13.0. The Hall–Kier alpha value is -1.10. The number of nitrogens with one attached hydrogen (secondary N) is 1. The van der Waals surface area contributed by atoms with E-state index in [1.165, 1.54) is 0 Å². The molecular formula is C13H21NO4. The molecule has 0 atom stereocenters. The quantitative estimate of drug-likeness (QED) is 0.723. The van der Waals surface area contributed by atoms with Crippen LogP contribution in [-0.2, 0) is 14.3 Å². The third-order valence-corrected chi connectivity index (χ3v) is 4.23. The molecule has 0 radical (unpaired) electrons. The SMILES string of the molecule is O=C(O)C1(C(=O)NCCC2CCOCC2)CCC1. The molecule has 1 saturated heterocycles. The molecule has 1 aliphatic heterocycles. The highest BCUT2D eigenvalue weighted by Crippen LogP contribution is 2.41. The first kappa shape index (κ1) is 13.3. The molecular weight excluding hydrogens is 234 g/mol. The van der Waals surface area contributed by atoms with Crippen LogP contribution in [0.5, 0.6) is 0 Å². The first-order valence-corrected chi connectivity index (χ1v) is 6.74. The molecule has 0 aromatic heterocycles. The third kappa shape index (κ3) is 2.66. The van der Waals surface area contributed by atoms with Gasteiger partial charge in [0, 0.05) is 19.8 Å². The van der Waals surface area contributed by atoms with E-state index in [0.29, 0.717) is 25.3 Å². The van der Waals surface area contributed by atoms with E-state index >= 15 is 0 Å². The molecule has 18 heavy (non-hydrogen) atoms. The lowest BCUT2D eigenvalue weighted by Gasteiger charge is -2.36. The summed E-state index contributed by atoms with van der Waals surface area (Å²) >= 11 is 0. The van der Waals surface area contributed by atoms with Crippen molar-refractivity contribution in [3.8, 4) is 0 Å². The standard InChI is InChI=1S/C13H21NO4/c15-11(13(12(16)17)5-1-6-13)14-7-2-10-3-8-18-9-4-10/h10H,1-9H2,(H,14,15)(H,16,17). The monoisotopic (exact) mass is 255 g/mol. The van der Waals surface area contributed by atoms with Gasteiger partial charge in [0.05, 0.1) is 0 Å². The normalized spacial score (nSPS) is 23.1. The summed E-state index contributed by atoms with van der Waals surface area (Å²) in [6, 6.07) is 0. The van der Waals surface area contributed by atoms with E-state index in [0.717, 1.165) is 38.9 Å². The first-order valence-electron chi connectivity index (χ1n) is 6.74. The molecule has 1 heterocycles. The minimum Gasteiger partial charge on any atom is -0.480 e. The van der Waals surface area contributed by atoms with Gasteiger partial charge >= 0.3 is 5.97 Å². The van der Waals surface area contributed by atoms with Crippen LogP contribution >= 0.6 is 0 Å². The number of ether oxygens (including phenoxy) is 1. The topological polar surface area (TPSA) is 75.6 Å². The number of hydrogen-bond donors (Lipinski definition) is 2. The lowest BCUT2D eigenvalue weighted by atomic mass is 9.68. The minimum absolute atomic E-state index is 0.298. The van der Waals surface area contributed by atoms with Gasteiger partial charge in [0.25, 0.3) is 0 Å². The molecule has 0 aromatic rings. The van der Waals surface area contributed by atoms with Crippen LogP contribution < -0.4 is 5.32 Å². The number of carboxylic acid groups (broad SMARTS) is 1. The van der Waals surface area contributed by atoms with Crippen molar-refractivity contribution in [2.24, 2.45) is 11.3 Å². The van der Waals surface area contributed by atoms with Gasteiger partial charge in [-0.15, -0.1) is 0 Å². The van der Waals surface area contributed by atoms with E-state index in [2.05, 4.69) is 5.32 Å². The lowest BCUT2D eigenvalue weighted by molar-refractivity contribution is -0.162. The van der Waals surface area contributed by atoms with Gasteiger partial charge in [-0.05, 0) is 38.0 Å². The first-order chi connectivity index (χ1) is 8.65. The second kappa shape index (κ2) is 5.69. The number of hydrogen-bond acceptors (Lipinski definition) is 3. The van der Waals surface area contributed by atoms with Crippen molar-refractivity contribution in [1.29, 1.82) is 0 Å². The zero-order valence-electron chi connectivity index (χ0n) is 10.6. The number of amides is 1. The molecule has 0 unspecified atom stereocenters. The minimum atomic E-state index is -1.13. The summed E-state index contributed by atoms with van der Waals surface area (Å²) in [5, 5.41) is 11.9. The fourth-order valence-electron chi connectivity index (χ4n) is 2.66. The molecule has 0 aromatic carbocycles. The van der Waals surface area contributed by atoms with Gasteiger partial charge < -0.3 is 15.2 Å². The fraction of sp³-hybridized carbons (Fsp3) is 0.846. The molecule has 5 nitrogen and oxygen atoms in total. The maximum absolute atomic E-state index is 11.9. The Labute approximate surface area is 107 Å². The predicted molar refractivity (Wildman–Crippen MR) is 65.1 cm³/mol. The van der Waals surface area contributed by atoms with E-state index in [1.807, 2.05) is 0 Å². The summed E-state index contributed by atoms with van der Waals surface area (Å²) in [4.78, 5) is 23.0. The Balaban J connectivity index is 1.72. The van der Waals surface area contributed by atoms with Gasteiger partial charge in [-0.25, -0.2) is 0 Å². The molecule has 1 saturated carbocycles. The summed E-state index contributed by atoms with van der Waals surface area (Å²) < 4.78 is 5.27. The lowest BCUT2D eigenvalue weighted by Crippen LogP contribution is -2.51. The van der Waals surface area contributed by atoms with E-state index in [9.17, 15) is 9.59 Å². The molecule has 2 N–H and O–H groups in total. The highest BCUT2D eigenvalue weighted by molar-refractivity contribution is 6.02. The number of aliphatic carboxylic acids is 1. The Bertz CT molecular complexity index is 319. The molecule has 0 spiro atoms. The van der Waals surface area contributed by atoms with Crippen LogP contribution in [0.15, 0.2) is 0 Å². The number of carboxylic acids is 1. The highest BCUT2D eigenvalue weighted by Gasteiger charge is 2.50. The molecule has 5 heteroatoms. The Morgan fingerprint density at radius 2 is 1.94 bits per heavy atom. The second-order valence-electron chi connectivity index (χ2n) is 5.34. The Morgan fingerprint density at radius 1 is 1.28 bits per heavy atom. The highest BCUT2D eigenvalue weighted by atomic mass is 16.5. The van der Waals surface area contributed by atoms with Crippen LogP contribution in [0.4, 0.5) is 0 Å². The summed E-state index contributed by atoms with van der Waals surface area (Å²) in [6.07, 6.45) is 4.79. The maximum Gasteiger partial charge on any atom is 0.319 e. The third-order valence-electron chi connectivity index (χ3n) is 4.23. The largest absolute Gasteiger partial charge is 0.480 e. The van der Waals surface area contributed by atoms with Crippen molar-refractivity contribution in [3.05, 3.63) is 0 Å². The number of carbonyl (C=O) groups is 2. The van der Waals surface area contributed by atoms with Gasteiger partial charge in [-0.3, -0.25) is 9.59 Å². The van der Waals surface area contributed by atoms with E-state index < -0.39 is 11.4 Å². The molecule has 1 amide bonds. The summed E-state index contributed by atoms with van der Waals surface area (Å²) in [5.41, 5.74) is -1.13. The summed E-state index contributed by atoms with van der Waals surface area (Å²) in [5.74, 6) is -0.674. The molecule has 2 rings (SSSR count). The van der Waals surface area contributed by atoms with Gasteiger partial charge in [-0.1, -0.05) is 6.42 Å². The molecule has 102 valence electrons. The Kier molecular flexibility index (Phi) is 4.22. The van der Waals surface area contributed by atoms with Crippen molar-refractivity contribution in [3.63, 3.8) is 0 Å². The van der Waals surface area contributed by atoms with Crippen LogP contribution in [0.3, 0.4) is 0 Å². The van der Waals surface area contributed by atoms with Crippen molar-refractivity contribution >= 4 is 11.9 Å². The van der Waals surface area contributed by atoms with Crippen LogP contribution in [0, 0.1) is 11.3 Å². The van der Waals surface area contributed by atoms with E-state index in [4.69, 9.17) is 9.84 Å². The van der Waals surface area contributed by atoms with Crippen LogP contribution in [0.2, 0.25) is 0 Å². The van der Waals surface area contributed by atoms with E-state index in [1.54, 1.807) is 0 Å². The van der Waals surface area contributed by atoms with Crippen molar-refractivity contribution in [2.75, 3.05) is 19.8 Å². The van der Waals surface area contributed by atoms with Gasteiger partial charge in [0.1, 0.15) is 5.41 Å². The summed E-state index contributed by atoms with van der Waals surface area (Å²) in [6.45, 7) is 2.19. The van der Waals surface area contributed by atoms with Gasteiger partial charge in [-0.2, -0.15) is 0 Å². The molecule has 2 fully saturated rings. The van der Waals surface area contributed by atoms with Crippen molar-refractivity contribution in [2.45, 2.75) is 38.5 Å². The Morgan fingerprint density at radius 3 is 2.44 bits per heavy atom. The smallest absolute Gasteiger partial charge is 0.319 e. The van der Waals surface area contributed by atoms with Crippen LogP contribution in [0.25, 0.3) is 0 Å². The fourth-order valence-corrected chi connectivity index (χ4v) is 2.66. The van der Waals surface area contributed by atoms with Crippen LogP contribution in [-0.4, -0.2) is 36.7 Å². The van der Waals surface area contributed by atoms with Crippen molar-refractivity contribution in [1.82, 2.24) is 5.32 Å². The van der Waals surface area contributed by atoms with Gasteiger partial charge in [0.2, 0.25) is 5.91 Å². The second-order valence-corrected chi connectivity index (χ2v) is 5.34. The predicted octanol–water partition coefficient (Wildman–Crippen LogP) is 1.17. The number of rotatable bonds is 5. The van der Waals surface area contributed by atoms with Gasteiger partial charge in [0.15, 0.2) is 0 Å². The summed E-state index contributed by atoms with van der Waals surface area (Å²) in [7, 11) is 0. The van der Waals surface area contributed by atoms with Crippen molar-refractivity contribution < 1.29 is 19.4 Å². The average molecular weight is 255 g/mol. The maximum atomic E-state index is 11.9.